The van der Waals surface area contributed by atoms with Crippen LogP contribution in [0.4, 0.5) is 13.6 Å². The Hall–Kier alpha value is -2.64. The van der Waals surface area contributed by atoms with Gasteiger partial charge in [0.15, 0.2) is 0 Å². The van der Waals surface area contributed by atoms with E-state index < -0.39 is 24.7 Å². The number of ether oxygens (including phenoxy) is 2. The molecule has 148 valence electrons. The monoisotopic (exact) mass is 382 g/mol. The van der Waals surface area contributed by atoms with Crippen LogP contribution in [-0.2, 0) is 9.53 Å². The Balaban J connectivity index is 2.53. The molecule has 1 aliphatic heterocycles. The minimum absolute atomic E-state index is 0.102. The number of hydrogen-bond donors (Lipinski definition) is 1. The van der Waals surface area contributed by atoms with E-state index in [9.17, 15) is 18.4 Å². The normalized spacial score (nSPS) is 17.2. The highest BCUT2D eigenvalue weighted by Gasteiger charge is 2.37. The number of nitrogens with one attached hydrogen (secondary N) is 1. The quantitative estimate of drug-likeness (QED) is 0.691. The second-order valence-electron chi connectivity index (χ2n) is 6.02. The van der Waals surface area contributed by atoms with Crippen molar-refractivity contribution in [2.24, 2.45) is 0 Å². The molecule has 0 saturated carbocycles. The summed E-state index contributed by atoms with van der Waals surface area (Å²) in [6.07, 6.45) is 1.64. The predicted octanol–water partition coefficient (Wildman–Crippen LogP) is 3.99. The Kier molecular flexibility index (Phi) is 7.15. The molecule has 0 unspecified atom stereocenters. The number of hydrogen-bond acceptors (Lipinski definition) is 4. The van der Waals surface area contributed by atoms with Gasteiger partial charge in [-0.15, -0.1) is 0 Å². The van der Waals surface area contributed by atoms with Gasteiger partial charge in [0.05, 0.1) is 18.2 Å². The lowest BCUT2D eigenvalue weighted by atomic mass is 9.94. The Labute approximate surface area is 157 Å². The van der Waals surface area contributed by atoms with Crippen LogP contribution >= 0.6 is 0 Å². The van der Waals surface area contributed by atoms with Crippen molar-refractivity contribution in [2.45, 2.75) is 46.3 Å². The smallest absolute Gasteiger partial charge is 0.387 e. The zero-order chi connectivity index (χ0) is 20.0. The van der Waals surface area contributed by atoms with Gasteiger partial charge in [-0.1, -0.05) is 31.5 Å². The number of alkyl halides is 2. The van der Waals surface area contributed by atoms with Gasteiger partial charge in [0.25, 0.3) is 0 Å². The first-order valence-electron chi connectivity index (χ1n) is 8.90. The number of halogens is 2. The van der Waals surface area contributed by atoms with Gasteiger partial charge in [0, 0.05) is 17.8 Å². The second kappa shape index (κ2) is 9.34. The zero-order valence-electron chi connectivity index (χ0n) is 15.6. The highest BCUT2D eigenvalue weighted by atomic mass is 19.3. The van der Waals surface area contributed by atoms with Crippen LogP contribution in [0.25, 0.3) is 0 Å². The number of allylic oxidation sites excluding steroid dienone is 1. The fraction of sp³-hybridized carbons (Fsp3) is 0.474. The van der Waals surface area contributed by atoms with Gasteiger partial charge in [-0.25, -0.2) is 9.59 Å². The largest absolute Gasteiger partial charge is 0.463 e. The second-order valence-corrected chi connectivity index (χ2v) is 6.02. The van der Waals surface area contributed by atoms with E-state index in [-0.39, 0.29) is 23.5 Å². The van der Waals surface area contributed by atoms with Gasteiger partial charge in [0.1, 0.15) is 5.75 Å². The van der Waals surface area contributed by atoms with Crippen LogP contribution in [0.3, 0.4) is 0 Å². The molecule has 2 amide bonds. The molecule has 0 fully saturated rings. The molecule has 0 bridgehead atoms. The molecule has 1 atom stereocenters. The molecule has 0 saturated heterocycles. The van der Waals surface area contributed by atoms with Gasteiger partial charge in [0.2, 0.25) is 0 Å². The lowest BCUT2D eigenvalue weighted by Gasteiger charge is -2.35. The van der Waals surface area contributed by atoms with Crippen molar-refractivity contribution in [2.75, 3.05) is 13.2 Å². The number of benzene rings is 1. The van der Waals surface area contributed by atoms with E-state index in [4.69, 9.17) is 4.74 Å². The van der Waals surface area contributed by atoms with E-state index in [1.54, 1.807) is 26.0 Å². The number of nitrogens with zero attached hydrogens (tertiary/aromatic N) is 1. The first-order chi connectivity index (χ1) is 12.9. The van der Waals surface area contributed by atoms with Crippen LogP contribution in [0.2, 0.25) is 0 Å². The van der Waals surface area contributed by atoms with E-state index in [0.29, 0.717) is 12.2 Å². The maximum Gasteiger partial charge on any atom is 0.387 e. The number of para-hydroxylation sites is 1. The van der Waals surface area contributed by atoms with E-state index in [0.717, 1.165) is 12.8 Å². The number of carbonyl (C=O) groups excluding carboxylic acids is 2. The predicted molar refractivity (Wildman–Crippen MR) is 95.3 cm³/mol. The molecule has 1 aliphatic rings. The molecule has 2 rings (SSSR count). The summed E-state index contributed by atoms with van der Waals surface area (Å²) in [5, 5.41) is 2.73. The van der Waals surface area contributed by atoms with Gasteiger partial charge < -0.3 is 14.8 Å². The number of unbranched alkanes of at least 4 members (excludes halogenated alkanes) is 1. The molecule has 0 spiro atoms. The van der Waals surface area contributed by atoms with Crippen molar-refractivity contribution in [3.05, 3.63) is 41.1 Å². The van der Waals surface area contributed by atoms with Crippen molar-refractivity contribution < 1.29 is 27.8 Å². The average Bonchev–Trinajstić information content (AvgIpc) is 2.61. The fourth-order valence-corrected chi connectivity index (χ4v) is 3.00. The number of carbonyl (C=O) groups is 2. The van der Waals surface area contributed by atoms with Crippen LogP contribution in [0.5, 0.6) is 5.75 Å². The van der Waals surface area contributed by atoms with Crippen LogP contribution in [0.15, 0.2) is 35.5 Å². The van der Waals surface area contributed by atoms with Gasteiger partial charge in [-0.2, -0.15) is 8.78 Å². The third kappa shape index (κ3) is 4.75. The molecule has 0 radical (unpaired) electrons. The highest BCUT2D eigenvalue weighted by Crippen LogP contribution is 2.36. The summed E-state index contributed by atoms with van der Waals surface area (Å²) in [6.45, 7) is 2.90. The number of urea groups is 1. The molecule has 1 N–H and O–H groups in total. The van der Waals surface area contributed by atoms with E-state index in [1.165, 1.54) is 17.0 Å². The van der Waals surface area contributed by atoms with Crippen LogP contribution in [0, 0.1) is 0 Å². The highest BCUT2D eigenvalue weighted by molar-refractivity contribution is 5.95. The van der Waals surface area contributed by atoms with Gasteiger partial charge in [-0.3, -0.25) is 4.90 Å². The first kappa shape index (κ1) is 20.7. The number of rotatable bonds is 8. The van der Waals surface area contributed by atoms with Crippen molar-refractivity contribution in [1.29, 1.82) is 0 Å². The van der Waals surface area contributed by atoms with Crippen molar-refractivity contribution in [1.82, 2.24) is 10.2 Å². The fourth-order valence-electron chi connectivity index (χ4n) is 3.00. The summed E-state index contributed by atoms with van der Waals surface area (Å²) in [4.78, 5) is 26.7. The summed E-state index contributed by atoms with van der Waals surface area (Å²) in [6, 6.07) is 4.74. The van der Waals surface area contributed by atoms with Crippen molar-refractivity contribution in [3.63, 3.8) is 0 Å². The van der Waals surface area contributed by atoms with Crippen molar-refractivity contribution >= 4 is 12.0 Å². The molecule has 6 nitrogen and oxygen atoms in total. The Morgan fingerprint density at radius 1 is 1.30 bits per heavy atom. The molecule has 1 aromatic carbocycles. The Morgan fingerprint density at radius 2 is 2.00 bits per heavy atom. The molecule has 1 aromatic rings. The van der Waals surface area contributed by atoms with Gasteiger partial charge >= 0.3 is 18.6 Å². The number of amides is 2. The Morgan fingerprint density at radius 3 is 2.63 bits per heavy atom. The molecule has 1 heterocycles. The van der Waals surface area contributed by atoms with E-state index in [1.807, 2.05) is 6.92 Å². The van der Waals surface area contributed by atoms with Crippen LogP contribution in [-0.4, -0.2) is 36.7 Å². The average molecular weight is 382 g/mol. The third-order valence-electron chi connectivity index (χ3n) is 4.27. The van der Waals surface area contributed by atoms with Crippen LogP contribution in [0.1, 0.15) is 45.2 Å². The van der Waals surface area contributed by atoms with Crippen LogP contribution < -0.4 is 10.1 Å². The molecule has 0 aliphatic carbocycles. The summed E-state index contributed by atoms with van der Waals surface area (Å²) in [5.74, 6) is -0.706. The van der Waals surface area contributed by atoms with Gasteiger partial charge in [-0.05, 0) is 26.3 Å². The third-order valence-corrected chi connectivity index (χ3v) is 4.27. The summed E-state index contributed by atoms with van der Waals surface area (Å²) in [5.41, 5.74) is 0.920. The molecule has 8 heteroatoms. The minimum Gasteiger partial charge on any atom is -0.463 e. The summed E-state index contributed by atoms with van der Waals surface area (Å²) < 4.78 is 35.3. The maximum atomic E-state index is 12.8. The molecule has 0 aromatic heterocycles. The zero-order valence-corrected chi connectivity index (χ0v) is 15.6. The standard InChI is InChI=1S/C19H24F2N2O4/c1-4-6-11-23-12(3)15(17(24)26-5-2)16(22-19(23)25)13-9-7-8-10-14(13)27-18(20)21/h7-10,16,18H,4-6,11H2,1-3H3,(H,22,25)/t16-/m1/s1. The molecular weight excluding hydrogens is 358 g/mol. The molecule has 27 heavy (non-hydrogen) atoms. The van der Waals surface area contributed by atoms with E-state index >= 15 is 0 Å². The minimum atomic E-state index is -3.03. The molecular formula is C19H24F2N2O4. The number of esters is 1. The first-order valence-corrected chi connectivity index (χ1v) is 8.90. The summed E-state index contributed by atoms with van der Waals surface area (Å²) >= 11 is 0. The topological polar surface area (TPSA) is 67.9 Å². The maximum absolute atomic E-state index is 12.8. The lowest BCUT2D eigenvalue weighted by molar-refractivity contribution is -0.139. The SMILES string of the molecule is CCCCN1C(=O)N[C@H](c2ccccc2OC(F)F)C(C(=O)OCC)=C1C. The van der Waals surface area contributed by atoms with E-state index in [2.05, 4.69) is 10.1 Å². The Bertz CT molecular complexity index is 721. The lowest BCUT2D eigenvalue weighted by Crippen LogP contribution is -2.48. The van der Waals surface area contributed by atoms with Crippen molar-refractivity contribution in [3.8, 4) is 5.75 Å². The summed E-state index contributed by atoms with van der Waals surface area (Å²) in [7, 11) is 0.